The number of carbonyl (C=O) groups is 1. The highest BCUT2D eigenvalue weighted by atomic mass is 35.5. The second kappa shape index (κ2) is 11.1. The minimum atomic E-state index is -0.292. The van der Waals surface area contributed by atoms with E-state index in [2.05, 4.69) is 30.6 Å². The van der Waals surface area contributed by atoms with Crippen LogP contribution in [0.15, 0.2) is 65.8 Å². The third-order valence-electron chi connectivity index (χ3n) is 5.76. The van der Waals surface area contributed by atoms with E-state index in [4.69, 9.17) is 11.6 Å². The fraction of sp³-hybridized carbons (Fsp3) is 0.259. The summed E-state index contributed by atoms with van der Waals surface area (Å²) in [5, 5.41) is 7.84. The van der Waals surface area contributed by atoms with Gasteiger partial charge in [0.1, 0.15) is 0 Å². The molecule has 0 bridgehead atoms. The van der Waals surface area contributed by atoms with E-state index in [0.29, 0.717) is 36.3 Å². The number of benzene rings is 2. The van der Waals surface area contributed by atoms with Crippen LogP contribution in [0.3, 0.4) is 0 Å². The van der Waals surface area contributed by atoms with Crippen LogP contribution in [0.4, 0.5) is 5.95 Å². The quantitative estimate of drug-likeness (QED) is 0.235. The third-order valence-corrected chi connectivity index (χ3v) is 6.00. The molecule has 0 fully saturated rings. The van der Waals surface area contributed by atoms with Gasteiger partial charge >= 0.3 is 0 Å². The van der Waals surface area contributed by atoms with Crippen LogP contribution in [0.5, 0.6) is 0 Å². The van der Waals surface area contributed by atoms with Gasteiger partial charge in [-0.3, -0.25) is 20.4 Å². The Morgan fingerprint density at radius 3 is 2.54 bits per heavy atom. The van der Waals surface area contributed by atoms with Crippen LogP contribution in [-0.2, 0) is 11.2 Å². The molecule has 2 aromatic carbocycles. The average Bonchev–Trinajstić information content (AvgIpc) is 3.21. The number of halogens is 1. The van der Waals surface area contributed by atoms with Crippen LogP contribution in [0, 0.1) is 13.8 Å². The maximum atomic E-state index is 13.2. The first kappa shape index (κ1) is 24.4. The van der Waals surface area contributed by atoms with E-state index in [1.807, 2.05) is 81.6 Å². The number of aliphatic imine (C=N–C) groups is 1. The zero-order valence-electron chi connectivity index (χ0n) is 20.1. The van der Waals surface area contributed by atoms with Gasteiger partial charge in [0.25, 0.3) is 0 Å². The molecule has 2 heterocycles. The molecule has 0 aliphatic carbocycles. The molecule has 0 saturated carbocycles. The topological polar surface area (TPSA) is 95.1 Å². The maximum absolute atomic E-state index is 13.2. The molecule has 0 aliphatic rings. The maximum Gasteiger partial charge on any atom is 0.234 e. The number of amides is 1. The number of aromatic amines is 1. The fourth-order valence-corrected chi connectivity index (χ4v) is 4.28. The highest BCUT2D eigenvalue weighted by Crippen LogP contribution is 2.23. The Kier molecular flexibility index (Phi) is 7.77. The van der Waals surface area contributed by atoms with Crippen molar-refractivity contribution in [1.82, 2.24) is 20.3 Å². The number of H-pyrrole nitrogens is 1. The van der Waals surface area contributed by atoms with Gasteiger partial charge in [-0.15, -0.1) is 0 Å². The van der Waals surface area contributed by atoms with Crippen molar-refractivity contribution in [3.8, 4) is 0 Å². The Labute approximate surface area is 210 Å². The Bertz CT molecular complexity index is 1330. The van der Waals surface area contributed by atoms with Gasteiger partial charge in [0.15, 0.2) is 0 Å². The first-order chi connectivity index (χ1) is 16.9. The highest BCUT2D eigenvalue weighted by molar-refractivity contribution is 6.31. The van der Waals surface area contributed by atoms with Crippen molar-refractivity contribution in [3.63, 3.8) is 0 Å². The van der Waals surface area contributed by atoms with E-state index < -0.39 is 0 Å². The van der Waals surface area contributed by atoms with Crippen molar-refractivity contribution >= 4 is 40.3 Å². The molecule has 1 amide bonds. The monoisotopic (exact) mass is 488 g/mol. The van der Waals surface area contributed by atoms with Gasteiger partial charge in [0, 0.05) is 40.1 Å². The van der Waals surface area contributed by atoms with Crippen molar-refractivity contribution in [1.29, 1.82) is 0 Å². The number of nitrogens with one attached hydrogen (secondary N) is 3. The highest BCUT2D eigenvalue weighted by Gasteiger charge is 2.20. The van der Waals surface area contributed by atoms with Gasteiger partial charge < -0.3 is 4.98 Å². The number of hydrogen-bond acceptors (Lipinski definition) is 4. The van der Waals surface area contributed by atoms with Crippen LogP contribution in [0.2, 0.25) is 5.02 Å². The van der Waals surface area contributed by atoms with Crippen LogP contribution < -0.4 is 10.6 Å². The Morgan fingerprint density at radius 2 is 1.83 bits per heavy atom. The van der Waals surface area contributed by atoms with Crippen LogP contribution in [0.1, 0.15) is 41.8 Å². The smallest absolute Gasteiger partial charge is 0.234 e. The molecule has 0 saturated heterocycles. The molecular formula is C27H29ClN6O. The average molecular weight is 489 g/mol. The predicted molar refractivity (Wildman–Crippen MR) is 142 cm³/mol. The molecule has 8 heteroatoms. The lowest BCUT2D eigenvalue weighted by Gasteiger charge is -2.17. The molecule has 4 rings (SSSR count). The van der Waals surface area contributed by atoms with Crippen molar-refractivity contribution < 1.29 is 4.79 Å². The van der Waals surface area contributed by atoms with Crippen molar-refractivity contribution in [2.24, 2.45) is 4.99 Å². The van der Waals surface area contributed by atoms with Gasteiger partial charge in [0.2, 0.25) is 17.8 Å². The summed E-state index contributed by atoms with van der Waals surface area (Å²) in [7, 11) is 0. The molecule has 0 radical (unpaired) electrons. The number of nitrogens with zero attached hydrogens (tertiary/aromatic N) is 3. The van der Waals surface area contributed by atoms with Gasteiger partial charge in [-0.05, 0) is 62.1 Å². The number of rotatable bonds is 7. The lowest BCUT2D eigenvalue weighted by molar-refractivity contribution is -0.121. The van der Waals surface area contributed by atoms with Crippen LogP contribution >= 0.6 is 11.6 Å². The first-order valence-electron chi connectivity index (χ1n) is 11.7. The molecular weight excluding hydrogens is 460 g/mol. The molecule has 7 nitrogen and oxygen atoms in total. The zero-order chi connectivity index (χ0) is 24.8. The molecule has 2 aromatic heterocycles. The molecule has 1 atom stereocenters. The Balaban J connectivity index is 1.55. The summed E-state index contributed by atoms with van der Waals surface area (Å²) in [6.45, 7) is 6.26. The minimum absolute atomic E-state index is 0.131. The van der Waals surface area contributed by atoms with E-state index in [1.165, 1.54) is 0 Å². The summed E-state index contributed by atoms with van der Waals surface area (Å²) in [6.07, 6.45) is 3.31. The lowest BCUT2D eigenvalue weighted by Crippen LogP contribution is -2.39. The number of hydrogen-bond donors (Lipinski definition) is 3. The van der Waals surface area contributed by atoms with Crippen LogP contribution in [0.25, 0.3) is 10.9 Å². The molecule has 0 spiro atoms. The van der Waals surface area contributed by atoms with E-state index >= 15 is 0 Å². The SMILES string of the molecule is CC[C@H](C(=O)NC(=NCCc1c[nH]c2ccc(Cl)cc12)Nc1nc(C)cc(C)n1)c1ccccc1. The summed E-state index contributed by atoms with van der Waals surface area (Å²) in [4.78, 5) is 30.0. The normalized spacial score (nSPS) is 12.5. The first-order valence-corrected chi connectivity index (χ1v) is 12.1. The standard InChI is InChI=1S/C27H29ClN6O/c1-4-22(19-8-6-5-7-9-19)25(35)33-26(34-27-31-17(2)14-18(3)32-27)29-13-12-20-16-30-24-11-10-21(28)15-23(20)24/h5-11,14-16,22,30H,4,12-13H2,1-3H3,(H2,29,31,32,33,34,35)/t22-/m0/s1. The number of guanidine groups is 1. The number of fused-ring (bicyclic) bond motifs is 1. The summed E-state index contributed by atoms with van der Waals surface area (Å²) < 4.78 is 0. The van der Waals surface area contributed by atoms with Gasteiger partial charge in [-0.2, -0.15) is 0 Å². The molecule has 35 heavy (non-hydrogen) atoms. The number of carbonyl (C=O) groups excluding carboxylic acids is 1. The fourth-order valence-electron chi connectivity index (χ4n) is 4.11. The van der Waals surface area contributed by atoms with E-state index in [9.17, 15) is 4.79 Å². The van der Waals surface area contributed by atoms with E-state index in [0.717, 1.165) is 33.4 Å². The van der Waals surface area contributed by atoms with Gasteiger partial charge in [0.05, 0.1) is 5.92 Å². The van der Waals surface area contributed by atoms with Crippen molar-refractivity contribution in [3.05, 3.63) is 88.3 Å². The predicted octanol–water partition coefficient (Wildman–Crippen LogP) is 5.55. The zero-order valence-corrected chi connectivity index (χ0v) is 20.9. The molecule has 0 unspecified atom stereocenters. The Morgan fingerprint density at radius 1 is 1.09 bits per heavy atom. The van der Waals surface area contributed by atoms with Crippen molar-refractivity contribution in [2.75, 3.05) is 11.9 Å². The number of anilines is 1. The molecule has 3 N–H and O–H groups in total. The summed E-state index contributed by atoms with van der Waals surface area (Å²) in [5.74, 6) is 0.299. The second-order valence-corrected chi connectivity index (χ2v) is 8.88. The minimum Gasteiger partial charge on any atom is -0.361 e. The van der Waals surface area contributed by atoms with E-state index in [1.54, 1.807) is 0 Å². The van der Waals surface area contributed by atoms with Gasteiger partial charge in [-0.25, -0.2) is 9.97 Å². The summed E-state index contributed by atoms with van der Waals surface area (Å²) in [5.41, 5.74) is 4.76. The second-order valence-electron chi connectivity index (χ2n) is 8.44. The van der Waals surface area contributed by atoms with Crippen molar-refractivity contribution in [2.45, 2.75) is 39.5 Å². The number of aromatic nitrogens is 3. The molecule has 0 aliphatic heterocycles. The Hall–Kier alpha value is -3.71. The van der Waals surface area contributed by atoms with E-state index in [-0.39, 0.29) is 11.8 Å². The number of aryl methyl sites for hydroxylation is 2. The lowest BCUT2D eigenvalue weighted by atomic mass is 9.96. The van der Waals surface area contributed by atoms with Gasteiger partial charge in [-0.1, -0.05) is 48.9 Å². The largest absolute Gasteiger partial charge is 0.361 e. The molecule has 4 aromatic rings. The summed E-state index contributed by atoms with van der Waals surface area (Å²) >= 11 is 6.19. The van der Waals surface area contributed by atoms with Crippen LogP contribution in [-0.4, -0.2) is 33.4 Å². The third kappa shape index (κ3) is 6.25. The summed E-state index contributed by atoms with van der Waals surface area (Å²) in [6, 6.07) is 17.4. The molecule has 180 valence electrons.